The van der Waals surface area contributed by atoms with Crippen molar-refractivity contribution in [1.29, 1.82) is 0 Å². The Morgan fingerprint density at radius 1 is 1.36 bits per heavy atom. The van der Waals surface area contributed by atoms with Crippen LogP contribution >= 0.6 is 0 Å². The average Bonchev–Trinajstić information content (AvgIpc) is 1.85. The Hall–Kier alpha value is -0.770. The second-order valence-corrected chi connectivity index (χ2v) is 3.62. The largest absolute Gasteiger partial charge is 0.299 e. The molecule has 0 unspecified atom stereocenters. The van der Waals surface area contributed by atoms with E-state index in [1.807, 2.05) is 27.7 Å². The molecule has 0 amide bonds. The molecule has 0 aromatic carbocycles. The highest BCUT2D eigenvalue weighted by Gasteiger charge is 2.03. The Morgan fingerprint density at radius 2 is 1.91 bits per heavy atom. The van der Waals surface area contributed by atoms with E-state index in [9.17, 15) is 4.79 Å². The number of carbonyl (C=O) groups is 1. The lowest BCUT2D eigenvalue weighted by Gasteiger charge is -2.06. The van der Waals surface area contributed by atoms with Crippen LogP contribution in [-0.2, 0) is 4.79 Å². The molecule has 0 radical (unpaired) electrons. The molecule has 0 aliphatic carbocycles. The molecule has 0 aliphatic rings. The van der Waals surface area contributed by atoms with E-state index in [-0.39, 0.29) is 11.2 Å². The number of carbonyl (C=O) groups excluding carboxylic acids is 1. The Balaban J connectivity index is 3.83. The average molecular weight is 152 g/mol. The molecule has 0 N–H and O–H groups in total. The van der Waals surface area contributed by atoms with Gasteiger partial charge in [0.05, 0.1) is 6.42 Å². The molecule has 0 bridgehead atoms. The Labute approximate surface area is 69.2 Å². The van der Waals surface area contributed by atoms with E-state index in [1.54, 1.807) is 0 Å². The Bertz CT molecular complexity index is 185. The third kappa shape index (κ3) is 7.12. The maximum Gasteiger partial charge on any atom is 0.144 e. The molecule has 0 spiro atoms. The molecule has 0 rings (SSSR count). The standard InChI is InChI=1S/C10H16O/c1-5-9(11)7-6-8-10(2,3)4/h5,7H2,1-4H3. The van der Waals surface area contributed by atoms with Gasteiger partial charge in [-0.05, 0) is 20.8 Å². The van der Waals surface area contributed by atoms with Crippen LogP contribution in [0.5, 0.6) is 0 Å². The van der Waals surface area contributed by atoms with Crippen LogP contribution in [-0.4, -0.2) is 5.78 Å². The van der Waals surface area contributed by atoms with Gasteiger partial charge >= 0.3 is 0 Å². The first-order chi connectivity index (χ1) is 4.95. The van der Waals surface area contributed by atoms with E-state index in [1.165, 1.54) is 0 Å². The first-order valence-electron chi connectivity index (χ1n) is 3.97. The maximum atomic E-state index is 10.8. The van der Waals surface area contributed by atoms with E-state index in [2.05, 4.69) is 11.8 Å². The van der Waals surface area contributed by atoms with E-state index >= 15 is 0 Å². The predicted octanol–water partition coefficient (Wildman–Crippen LogP) is 2.41. The van der Waals surface area contributed by atoms with Crippen molar-refractivity contribution in [2.45, 2.75) is 40.5 Å². The van der Waals surface area contributed by atoms with Gasteiger partial charge in [0.2, 0.25) is 0 Å². The zero-order chi connectivity index (χ0) is 8.91. The highest BCUT2D eigenvalue weighted by atomic mass is 16.1. The molecule has 0 aliphatic heterocycles. The molecule has 0 aromatic heterocycles. The van der Waals surface area contributed by atoms with Crippen LogP contribution in [0.1, 0.15) is 40.5 Å². The van der Waals surface area contributed by atoms with Crippen molar-refractivity contribution in [2.75, 3.05) is 0 Å². The Morgan fingerprint density at radius 3 is 2.27 bits per heavy atom. The summed E-state index contributed by atoms with van der Waals surface area (Å²) in [6, 6.07) is 0. The summed E-state index contributed by atoms with van der Waals surface area (Å²) in [4.78, 5) is 10.8. The van der Waals surface area contributed by atoms with Gasteiger partial charge in [-0.1, -0.05) is 18.8 Å². The lowest BCUT2D eigenvalue weighted by Crippen LogP contribution is -2.00. The Kier molecular flexibility index (Phi) is 3.89. The van der Waals surface area contributed by atoms with Crippen LogP contribution in [0.25, 0.3) is 0 Å². The first kappa shape index (κ1) is 10.2. The lowest BCUT2D eigenvalue weighted by atomic mass is 9.98. The summed E-state index contributed by atoms with van der Waals surface area (Å²) in [7, 11) is 0. The van der Waals surface area contributed by atoms with Crippen molar-refractivity contribution in [2.24, 2.45) is 5.41 Å². The van der Waals surface area contributed by atoms with Crippen molar-refractivity contribution in [3.05, 3.63) is 0 Å². The third-order valence-electron chi connectivity index (χ3n) is 1.14. The van der Waals surface area contributed by atoms with Crippen LogP contribution in [0.3, 0.4) is 0 Å². The smallest absolute Gasteiger partial charge is 0.144 e. The van der Waals surface area contributed by atoms with Gasteiger partial charge in [-0.15, -0.1) is 0 Å². The van der Waals surface area contributed by atoms with Gasteiger partial charge in [0.1, 0.15) is 5.78 Å². The van der Waals surface area contributed by atoms with Gasteiger partial charge in [0.15, 0.2) is 0 Å². The second kappa shape index (κ2) is 4.18. The van der Waals surface area contributed by atoms with Crippen LogP contribution in [0.4, 0.5) is 0 Å². The van der Waals surface area contributed by atoms with Gasteiger partial charge in [-0.3, -0.25) is 4.79 Å². The molecule has 0 fully saturated rings. The summed E-state index contributed by atoms with van der Waals surface area (Å²) in [5, 5.41) is 0. The summed E-state index contributed by atoms with van der Waals surface area (Å²) < 4.78 is 0. The minimum atomic E-state index is 0.0218. The third-order valence-corrected chi connectivity index (χ3v) is 1.14. The van der Waals surface area contributed by atoms with Crippen molar-refractivity contribution < 1.29 is 4.79 Å². The predicted molar refractivity (Wildman–Crippen MR) is 47.1 cm³/mol. The quantitative estimate of drug-likeness (QED) is 0.555. The summed E-state index contributed by atoms with van der Waals surface area (Å²) in [5.41, 5.74) is 0.0218. The summed E-state index contributed by atoms with van der Waals surface area (Å²) in [6.45, 7) is 7.98. The highest BCUT2D eigenvalue weighted by Crippen LogP contribution is 2.09. The molecule has 0 atom stereocenters. The van der Waals surface area contributed by atoms with Crippen LogP contribution in [0.15, 0.2) is 0 Å². The van der Waals surface area contributed by atoms with E-state index in [4.69, 9.17) is 0 Å². The lowest BCUT2D eigenvalue weighted by molar-refractivity contribution is -0.117. The number of Topliss-reactive ketones (excluding diaryl/α,β-unsaturated/α-hetero) is 1. The summed E-state index contributed by atoms with van der Waals surface area (Å²) in [5.74, 6) is 6.12. The number of hydrogen-bond donors (Lipinski definition) is 0. The second-order valence-electron chi connectivity index (χ2n) is 3.62. The van der Waals surface area contributed by atoms with E-state index in [0.29, 0.717) is 12.8 Å². The molecule has 11 heavy (non-hydrogen) atoms. The molecule has 0 aromatic rings. The zero-order valence-corrected chi connectivity index (χ0v) is 7.82. The molecular formula is C10H16O. The number of hydrogen-bond acceptors (Lipinski definition) is 1. The van der Waals surface area contributed by atoms with Crippen molar-refractivity contribution in [3.8, 4) is 11.8 Å². The first-order valence-corrected chi connectivity index (χ1v) is 3.97. The monoisotopic (exact) mass is 152 g/mol. The van der Waals surface area contributed by atoms with Crippen molar-refractivity contribution in [1.82, 2.24) is 0 Å². The molecular weight excluding hydrogens is 136 g/mol. The van der Waals surface area contributed by atoms with Gasteiger partial charge in [-0.2, -0.15) is 0 Å². The molecule has 62 valence electrons. The van der Waals surface area contributed by atoms with E-state index < -0.39 is 0 Å². The topological polar surface area (TPSA) is 17.1 Å². The summed E-state index contributed by atoms with van der Waals surface area (Å²) >= 11 is 0. The van der Waals surface area contributed by atoms with Crippen LogP contribution < -0.4 is 0 Å². The van der Waals surface area contributed by atoms with Gasteiger partial charge < -0.3 is 0 Å². The SMILES string of the molecule is CCC(=O)CC#CC(C)(C)C. The fourth-order valence-electron chi connectivity index (χ4n) is 0.533. The van der Waals surface area contributed by atoms with E-state index in [0.717, 1.165) is 0 Å². The van der Waals surface area contributed by atoms with Crippen molar-refractivity contribution in [3.63, 3.8) is 0 Å². The zero-order valence-electron chi connectivity index (χ0n) is 7.82. The normalized spacial score (nSPS) is 10.2. The minimum absolute atomic E-state index is 0.0218. The maximum absolute atomic E-state index is 10.8. The number of rotatable bonds is 2. The minimum Gasteiger partial charge on any atom is -0.299 e. The van der Waals surface area contributed by atoms with Crippen LogP contribution in [0, 0.1) is 17.3 Å². The number of ketones is 1. The molecule has 1 nitrogen and oxygen atoms in total. The molecule has 0 heterocycles. The summed E-state index contributed by atoms with van der Waals surface area (Å²) in [6.07, 6.45) is 1.01. The molecule has 0 saturated carbocycles. The fourth-order valence-corrected chi connectivity index (χ4v) is 0.533. The van der Waals surface area contributed by atoms with Crippen molar-refractivity contribution >= 4 is 5.78 Å². The van der Waals surface area contributed by atoms with Gasteiger partial charge in [0, 0.05) is 11.8 Å². The molecule has 1 heteroatoms. The van der Waals surface area contributed by atoms with Gasteiger partial charge in [-0.25, -0.2) is 0 Å². The van der Waals surface area contributed by atoms with Gasteiger partial charge in [0.25, 0.3) is 0 Å². The molecule has 0 saturated heterocycles. The van der Waals surface area contributed by atoms with Crippen LogP contribution in [0.2, 0.25) is 0 Å². The fraction of sp³-hybridized carbons (Fsp3) is 0.700. The highest BCUT2D eigenvalue weighted by molar-refractivity contribution is 5.80.